The molecule has 0 aliphatic heterocycles. The first-order valence-electron chi connectivity index (χ1n) is 6.07. The topological polar surface area (TPSA) is 59.1 Å². The molecule has 0 radical (unpaired) electrons. The molecule has 3 nitrogen and oxygen atoms in total. The first kappa shape index (κ1) is 15.4. The van der Waals surface area contributed by atoms with E-state index >= 15 is 0 Å². The maximum atomic E-state index is 7.43. The second-order valence-corrected chi connectivity index (χ2v) is 6.32. The quantitative estimate of drug-likeness (QED) is 0.399. The summed E-state index contributed by atoms with van der Waals surface area (Å²) in [5, 5.41) is 7.43. The number of rotatable bonds is 7. The van der Waals surface area contributed by atoms with Crippen LogP contribution in [0.2, 0.25) is 0 Å². The molecule has 0 bridgehead atoms. The summed E-state index contributed by atoms with van der Waals surface area (Å²) < 4.78 is 5.57. The van der Waals surface area contributed by atoms with Crippen molar-refractivity contribution in [2.24, 2.45) is 16.6 Å². The van der Waals surface area contributed by atoms with Gasteiger partial charge in [-0.3, -0.25) is 5.41 Å². The zero-order valence-electron chi connectivity index (χ0n) is 11.5. The van der Waals surface area contributed by atoms with E-state index in [-0.39, 0.29) is 11.3 Å². The van der Waals surface area contributed by atoms with Crippen molar-refractivity contribution in [1.82, 2.24) is 0 Å². The van der Waals surface area contributed by atoms with Gasteiger partial charge < -0.3 is 10.5 Å². The fourth-order valence-electron chi connectivity index (χ4n) is 1.23. The highest BCUT2D eigenvalue weighted by molar-refractivity contribution is 5.82. The summed E-state index contributed by atoms with van der Waals surface area (Å²) in [5.41, 5.74) is 5.67. The summed E-state index contributed by atoms with van der Waals surface area (Å²) in [5.74, 6) is 0.266. The van der Waals surface area contributed by atoms with E-state index in [9.17, 15) is 0 Å². The van der Waals surface area contributed by atoms with Gasteiger partial charge in [0.05, 0.1) is 5.84 Å². The standard InChI is InChI=1S/C13H28N2O/c1-12(2,3)8-10-16-9-6-7-13(4,5)11(14)15/h6-10H2,1-5H3,(H3,14,15). The lowest BCUT2D eigenvalue weighted by atomic mass is 9.87. The Morgan fingerprint density at radius 1 is 1.06 bits per heavy atom. The third-order valence-corrected chi connectivity index (χ3v) is 2.82. The van der Waals surface area contributed by atoms with Gasteiger partial charge in [0.2, 0.25) is 0 Å². The highest BCUT2D eigenvalue weighted by atomic mass is 16.5. The van der Waals surface area contributed by atoms with E-state index in [4.69, 9.17) is 15.9 Å². The Labute approximate surface area is 100 Å². The molecule has 3 heteroatoms. The van der Waals surface area contributed by atoms with Gasteiger partial charge >= 0.3 is 0 Å². The van der Waals surface area contributed by atoms with E-state index in [1.54, 1.807) is 0 Å². The largest absolute Gasteiger partial charge is 0.387 e. The molecule has 0 rings (SSSR count). The van der Waals surface area contributed by atoms with Gasteiger partial charge in [-0.15, -0.1) is 0 Å². The van der Waals surface area contributed by atoms with Crippen LogP contribution in [0.15, 0.2) is 0 Å². The van der Waals surface area contributed by atoms with Gasteiger partial charge in [-0.2, -0.15) is 0 Å². The summed E-state index contributed by atoms with van der Waals surface area (Å²) >= 11 is 0. The second kappa shape index (κ2) is 6.24. The SMILES string of the molecule is CC(C)(C)CCOCCCC(C)(C)C(=N)N. The molecule has 0 amide bonds. The van der Waals surface area contributed by atoms with Crippen molar-refractivity contribution in [3.8, 4) is 0 Å². The van der Waals surface area contributed by atoms with E-state index in [0.717, 1.165) is 32.5 Å². The lowest BCUT2D eigenvalue weighted by molar-refractivity contribution is 0.102. The summed E-state index contributed by atoms with van der Waals surface area (Å²) in [6.45, 7) is 12.3. The minimum Gasteiger partial charge on any atom is -0.387 e. The van der Waals surface area contributed by atoms with Crippen LogP contribution in [0.4, 0.5) is 0 Å². The van der Waals surface area contributed by atoms with Gasteiger partial charge in [-0.05, 0) is 24.7 Å². The molecule has 0 atom stereocenters. The first-order valence-corrected chi connectivity index (χ1v) is 6.07. The van der Waals surface area contributed by atoms with Crippen molar-refractivity contribution in [3.05, 3.63) is 0 Å². The minimum atomic E-state index is -0.187. The normalized spacial score (nSPS) is 12.8. The number of nitrogens with one attached hydrogen (secondary N) is 1. The highest BCUT2D eigenvalue weighted by Crippen LogP contribution is 2.22. The van der Waals surface area contributed by atoms with Gasteiger partial charge in [-0.1, -0.05) is 34.6 Å². The Morgan fingerprint density at radius 2 is 1.62 bits per heavy atom. The summed E-state index contributed by atoms with van der Waals surface area (Å²) in [4.78, 5) is 0. The van der Waals surface area contributed by atoms with Gasteiger partial charge in [0.25, 0.3) is 0 Å². The van der Waals surface area contributed by atoms with Crippen molar-refractivity contribution in [1.29, 1.82) is 5.41 Å². The van der Waals surface area contributed by atoms with Crippen LogP contribution in [0.3, 0.4) is 0 Å². The Balaban J connectivity index is 3.52. The molecule has 0 saturated heterocycles. The van der Waals surface area contributed by atoms with Gasteiger partial charge in [0.1, 0.15) is 0 Å². The molecule has 0 fully saturated rings. The Morgan fingerprint density at radius 3 is 2.06 bits per heavy atom. The number of ether oxygens (including phenoxy) is 1. The summed E-state index contributed by atoms with van der Waals surface area (Å²) in [6, 6.07) is 0. The van der Waals surface area contributed by atoms with Crippen LogP contribution in [-0.2, 0) is 4.74 Å². The Bertz CT molecular complexity index is 216. The lowest BCUT2D eigenvalue weighted by Crippen LogP contribution is -2.31. The number of hydrogen-bond acceptors (Lipinski definition) is 2. The predicted octanol–water partition coefficient (Wildman–Crippen LogP) is 3.18. The van der Waals surface area contributed by atoms with Gasteiger partial charge in [0.15, 0.2) is 0 Å². The third kappa shape index (κ3) is 7.69. The Hall–Kier alpha value is -0.570. The predicted molar refractivity (Wildman–Crippen MR) is 69.8 cm³/mol. The molecule has 0 saturated carbocycles. The fraction of sp³-hybridized carbons (Fsp3) is 0.923. The zero-order chi connectivity index (χ0) is 12.8. The van der Waals surface area contributed by atoms with Gasteiger partial charge in [0, 0.05) is 18.6 Å². The molecule has 0 unspecified atom stereocenters. The lowest BCUT2D eigenvalue weighted by Gasteiger charge is -2.23. The minimum absolute atomic E-state index is 0.187. The van der Waals surface area contributed by atoms with Crippen molar-refractivity contribution < 1.29 is 4.74 Å². The van der Waals surface area contributed by atoms with E-state index in [1.807, 2.05) is 13.8 Å². The summed E-state index contributed by atoms with van der Waals surface area (Å²) in [7, 11) is 0. The van der Waals surface area contributed by atoms with E-state index in [2.05, 4.69) is 20.8 Å². The maximum Gasteiger partial charge on any atom is 0.0963 e. The molecular weight excluding hydrogens is 200 g/mol. The van der Waals surface area contributed by atoms with Crippen molar-refractivity contribution in [2.45, 2.75) is 53.9 Å². The molecular formula is C13H28N2O. The molecule has 0 aromatic rings. The molecule has 3 N–H and O–H groups in total. The van der Waals surface area contributed by atoms with Crippen LogP contribution in [-0.4, -0.2) is 19.0 Å². The highest BCUT2D eigenvalue weighted by Gasteiger charge is 2.20. The molecule has 16 heavy (non-hydrogen) atoms. The van der Waals surface area contributed by atoms with Crippen molar-refractivity contribution in [2.75, 3.05) is 13.2 Å². The van der Waals surface area contributed by atoms with Crippen LogP contribution < -0.4 is 5.73 Å². The maximum absolute atomic E-state index is 7.43. The smallest absolute Gasteiger partial charge is 0.0963 e. The average Bonchev–Trinajstić information content (AvgIpc) is 2.09. The van der Waals surface area contributed by atoms with Crippen molar-refractivity contribution in [3.63, 3.8) is 0 Å². The third-order valence-electron chi connectivity index (χ3n) is 2.82. The second-order valence-electron chi connectivity index (χ2n) is 6.32. The number of amidine groups is 1. The number of hydrogen-bond donors (Lipinski definition) is 2. The van der Waals surface area contributed by atoms with Crippen LogP contribution in [0, 0.1) is 16.2 Å². The van der Waals surface area contributed by atoms with Gasteiger partial charge in [-0.25, -0.2) is 0 Å². The van der Waals surface area contributed by atoms with Crippen LogP contribution in [0.25, 0.3) is 0 Å². The number of nitrogens with two attached hydrogens (primary N) is 1. The summed E-state index contributed by atoms with van der Waals surface area (Å²) in [6.07, 6.45) is 2.97. The molecule has 0 heterocycles. The fourth-order valence-corrected chi connectivity index (χ4v) is 1.23. The van der Waals surface area contributed by atoms with E-state index < -0.39 is 0 Å². The van der Waals surface area contributed by atoms with Crippen LogP contribution >= 0.6 is 0 Å². The van der Waals surface area contributed by atoms with Crippen LogP contribution in [0.1, 0.15) is 53.9 Å². The molecule has 0 aromatic carbocycles. The molecule has 0 aromatic heterocycles. The molecule has 0 aliphatic carbocycles. The Kier molecular flexibility index (Phi) is 6.01. The zero-order valence-corrected chi connectivity index (χ0v) is 11.5. The molecule has 0 spiro atoms. The van der Waals surface area contributed by atoms with E-state index in [0.29, 0.717) is 5.41 Å². The molecule has 0 aliphatic rings. The van der Waals surface area contributed by atoms with Crippen molar-refractivity contribution >= 4 is 5.84 Å². The first-order chi connectivity index (χ1) is 7.15. The monoisotopic (exact) mass is 228 g/mol. The molecule has 96 valence electrons. The van der Waals surface area contributed by atoms with E-state index in [1.165, 1.54) is 0 Å². The average molecular weight is 228 g/mol. The van der Waals surface area contributed by atoms with Crippen LogP contribution in [0.5, 0.6) is 0 Å².